The third-order valence-electron chi connectivity index (χ3n) is 5.15. The number of benzene rings is 1. The molecule has 4 rings (SSSR count). The number of primary amides is 1. The van der Waals surface area contributed by atoms with Crippen molar-refractivity contribution < 1.29 is 14.6 Å². The van der Waals surface area contributed by atoms with Crippen molar-refractivity contribution in [2.45, 2.75) is 20.8 Å². The Kier molecular flexibility index (Phi) is 7.36. The lowest BCUT2D eigenvalue weighted by Crippen LogP contribution is -2.36. The first-order chi connectivity index (χ1) is 15.5. The summed E-state index contributed by atoms with van der Waals surface area (Å²) in [6, 6.07) is 8.56. The van der Waals surface area contributed by atoms with Crippen LogP contribution in [-0.2, 0) is 4.74 Å². The fourth-order valence-corrected chi connectivity index (χ4v) is 3.59. The van der Waals surface area contributed by atoms with Crippen LogP contribution >= 0.6 is 0 Å². The number of amides is 1. The summed E-state index contributed by atoms with van der Waals surface area (Å²) in [5.74, 6) is 5.78. The molecule has 0 radical (unpaired) electrons. The molecule has 1 aromatic carbocycles. The van der Waals surface area contributed by atoms with E-state index < -0.39 is 5.91 Å². The van der Waals surface area contributed by atoms with E-state index in [1.165, 1.54) is 0 Å². The van der Waals surface area contributed by atoms with E-state index in [1.54, 1.807) is 28.8 Å². The van der Waals surface area contributed by atoms with Gasteiger partial charge in [-0.05, 0) is 36.6 Å². The summed E-state index contributed by atoms with van der Waals surface area (Å²) in [4.78, 5) is 18.9. The lowest BCUT2D eigenvalue weighted by atomic mass is 10.2. The molecule has 0 bridgehead atoms. The standard InChI is InChI=1S/C22H23N5O3.C2H6/c1-14-4-6-16(28)13-18(14)27-17-7-5-15(3-2-8-26-9-11-30-12-10-26)25-20(17)19(21(27)23)22(24)29;1-2/h4-7,13,28H,8-12,23H2,1H3,(H2,24,29);1-2H3. The zero-order chi connectivity index (χ0) is 23.3. The van der Waals surface area contributed by atoms with Gasteiger partial charge in [-0.25, -0.2) is 4.98 Å². The lowest BCUT2D eigenvalue weighted by Gasteiger charge is -2.24. The Bertz CT molecular complexity index is 1180. The lowest BCUT2D eigenvalue weighted by molar-refractivity contribution is 0.0443. The van der Waals surface area contributed by atoms with Gasteiger partial charge < -0.3 is 21.3 Å². The predicted molar refractivity (Wildman–Crippen MR) is 126 cm³/mol. The highest BCUT2D eigenvalue weighted by molar-refractivity contribution is 6.10. The minimum atomic E-state index is -0.667. The van der Waals surface area contributed by atoms with Crippen LogP contribution in [0.1, 0.15) is 35.5 Å². The summed E-state index contributed by atoms with van der Waals surface area (Å²) in [6.07, 6.45) is 0. The number of hydrogen-bond acceptors (Lipinski definition) is 6. The maximum absolute atomic E-state index is 12.1. The SMILES string of the molecule is CC.Cc1ccc(O)cc1-n1c(N)c(C(N)=O)c2nc(C#CCN3CCOCC3)ccc21. The number of nitrogen functional groups attached to an aromatic ring is 1. The van der Waals surface area contributed by atoms with E-state index in [2.05, 4.69) is 21.7 Å². The largest absolute Gasteiger partial charge is 0.508 e. The predicted octanol–water partition coefficient (Wildman–Crippen LogP) is 2.43. The molecule has 1 aliphatic heterocycles. The zero-order valence-electron chi connectivity index (χ0n) is 18.7. The fourth-order valence-electron chi connectivity index (χ4n) is 3.59. The van der Waals surface area contributed by atoms with Crippen molar-refractivity contribution in [1.82, 2.24) is 14.5 Å². The molecule has 3 heterocycles. The van der Waals surface area contributed by atoms with Gasteiger partial charge >= 0.3 is 0 Å². The average molecular weight is 436 g/mol. The molecule has 1 saturated heterocycles. The molecule has 0 spiro atoms. The number of nitrogens with zero attached hydrogens (tertiary/aromatic N) is 3. The number of phenolic OH excluding ortho intramolecular Hbond substituents is 1. The third kappa shape index (κ3) is 4.69. The van der Waals surface area contributed by atoms with Gasteiger partial charge in [-0.15, -0.1) is 0 Å². The van der Waals surface area contributed by atoms with E-state index in [0.29, 0.717) is 29.0 Å². The molecule has 5 N–H and O–H groups in total. The number of ether oxygens (including phenoxy) is 1. The molecule has 0 atom stereocenters. The second-order valence-corrected chi connectivity index (χ2v) is 7.19. The molecular weight excluding hydrogens is 406 g/mol. The van der Waals surface area contributed by atoms with Crippen LogP contribution in [0.3, 0.4) is 0 Å². The van der Waals surface area contributed by atoms with Crippen molar-refractivity contribution in [2.75, 3.05) is 38.6 Å². The van der Waals surface area contributed by atoms with Crippen molar-refractivity contribution in [3.8, 4) is 23.3 Å². The van der Waals surface area contributed by atoms with Gasteiger partial charge in [0.1, 0.15) is 28.3 Å². The fraction of sp³-hybridized carbons (Fsp3) is 0.333. The maximum atomic E-state index is 12.1. The number of rotatable bonds is 3. The van der Waals surface area contributed by atoms with Crippen LogP contribution in [0.25, 0.3) is 16.7 Å². The van der Waals surface area contributed by atoms with Gasteiger partial charge in [0.25, 0.3) is 5.91 Å². The second-order valence-electron chi connectivity index (χ2n) is 7.19. The summed E-state index contributed by atoms with van der Waals surface area (Å²) >= 11 is 0. The summed E-state index contributed by atoms with van der Waals surface area (Å²) in [5, 5.41) is 9.94. The van der Waals surface area contributed by atoms with Crippen molar-refractivity contribution in [1.29, 1.82) is 0 Å². The van der Waals surface area contributed by atoms with Gasteiger partial charge in [-0.2, -0.15) is 0 Å². The number of anilines is 1. The molecule has 1 aliphatic rings. The van der Waals surface area contributed by atoms with Gasteiger partial charge in [0.05, 0.1) is 31.0 Å². The first-order valence-electron chi connectivity index (χ1n) is 10.7. The van der Waals surface area contributed by atoms with Gasteiger partial charge in [-0.1, -0.05) is 25.8 Å². The molecule has 2 aromatic heterocycles. The van der Waals surface area contributed by atoms with Crippen LogP contribution in [0.4, 0.5) is 5.82 Å². The Morgan fingerprint density at radius 3 is 2.62 bits per heavy atom. The molecule has 32 heavy (non-hydrogen) atoms. The number of fused-ring (bicyclic) bond motifs is 1. The van der Waals surface area contributed by atoms with Crippen LogP contribution < -0.4 is 11.5 Å². The molecule has 0 aliphatic carbocycles. The molecule has 1 amide bonds. The van der Waals surface area contributed by atoms with Crippen LogP contribution in [0, 0.1) is 18.8 Å². The van der Waals surface area contributed by atoms with Gasteiger partial charge in [-0.3, -0.25) is 14.3 Å². The molecule has 3 aromatic rings. The Morgan fingerprint density at radius 1 is 1.22 bits per heavy atom. The number of morpholine rings is 1. The Morgan fingerprint density at radius 2 is 1.94 bits per heavy atom. The number of nitrogens with two attached hydrogens (primary N) is 2. The highest BCUT2D eigenvalue weighted by atomic mass is 16.5. The Labute approximate surface area is 187 Å². The van der Waals surface area contributed by atoms with Crippen LogP contribution in [0.5, 0.6) is 5.75 Å². The van der Waals surface area contributed by atoms with Gasteiger partial charge in [0, 0.05) is 19.2 Å². The molecule has 0 unspecified atom stereocenters. The third-order valence-corrected chi connectivity index (χ3v) is 5.15. The average Bonchev–Trinajstić information content (AvgIpc) is 3.08. The normalized spacial score (nSPS) is 13.7. The zero-order valence-corrected chi connectivity index (χ0v) is 18.7. The van der Waals surface area contributed by atoms with E-state index >= 15 is 0 Å². The van der Waals surface area contributed by atoms with Crippen LogP contribution in [-0.4, -0.2) is 58.3 Å². The minimum absolute atomic E-state index is 0.0935. The monoisotopic (exact) mass is 435 g/mol. The summed E-state index contributed by atoms with van der Waals surface area (Å²) < 4.78 is 7.02. The number of carbonyl (C=O) groups excluding carboxylic acids is 1. The highest BCUT2D eigenvalue weighted by Gasteiger charge is 2.22. The molecule has 8 heteroatoms. The summed E-state index contributed by atoms with van der Waals surface area (Å²) in [7, 11) is 0. The van der Waals surface area contributed by atoms with Crippen molar-refractivity contribution in [2.24, 2.45) is 5.73 Å². The molecule has 1 fully saturated rings. The topological polar surface area (TPSA) is 120 Å². The maximum Gasteiger partial charge on any atom is 0.254 e. The highest BCUT2D eigenvalue weighted by Crippen LogP contribution is 2.32. The quantitative estimate of drug-likeness (QED) is 0.544. The van der Waals surface area contributed by atoms with Crippen molar-refractivity contribution in [3.05, 3.63) is 47.2 Å². The van der Waals surface area contributed by atoms with Crippen LogP contribution in [0.2, 0.25) is 0 Å². The molecular formula is C24H29N5O3. The molecule has 168 valence electrons. The van der Waals surface area contributed by atoms with E-state index in [4.69, 9.17) is 16.2 Å². The number of aryl methyl sites for hydroxylation is 1. The Balaban J connectivity index is 0.00000141. The van der Waals surface area contributed by atoms with Gasteiger partial charge in [0.2, 0.25) is 0 Å². The smallest absolute Gasteiger partial charge is 0.254 e. The number of aromatic hydroxyl groups is 1. The second kappa shape index (κ2) is 10.2. The first kappa shape index (κ1) is 23.1. The molecule has 0 saturated carbocycles. The number of aromatic nitrogens is 2. The van der Waals surface area contributed by atoms with E-state index in [-0.39, 0.29) is 17.1 Å². The number of pyridine rings is 1. The first-order valence-corrected chi connectivity index (χ1v) is 10.7. The summed E-state index contributed by atoms with van der Waals surface area (Å²) in [6.45, 7) is 9.66. The number of phenols is 1. The van der Waals surface area contributed by atoms with Crippen LogP contribution in [0.15, 0.2) is 30.3 Å². The van der Waals surface area contributed by atoms with E-state index in [0.717, 1.165) is 31.9 Å². The van der Waals surface area contributed by atoms with E-state index in [9.17, 15) is 9.90 Å². The number of hydrogen-bond donors (Lipinski definition) is 3. The number of carbonyl (C=O) groups is 1. The van der Waals surface area contributed by atoms with Crippen molar-refractivity contribution >= 4 is 22.8 Å². The minimum Gasteiger partial charge on any atom is -0.508 e. The van der Waals surface area contributed by atoms with Gasteiger partial charge in [0.15, 0.2) is 0 Å². The van der Waals surface area contributed by atoms with Crippen molar-refractivity contribution in [3.63, 3.8) is 0 Å². The van der Waals surface area contributed by atoms with E-state index in [1.807, 2.05) is 26.8 Å². The Hall–Kier alpha value is -3.54. The summed E-state index contributed by atoms with van der Waals surface area (Å²) in [5.41, 5.74) is 15.1. The molecule has 8 nitrogen and oxygen atoms in total.